The molecular weight excluding hydrogens is 925 g/mol. The average Bonchev–Trinajstić information content (AvgIpc) is 4.20. The van der Waals surface area contributed by atoms with Crippen LogP contribution >= 0.6 is 0 Å². The van der Waals surface area contributed by atoms with Crippen molar-refractivity contribution in [2.45, 2.75) is 78.8 Å². The van der Waals surface area contributed by atoms with E-state index in [-0.39, 0.29) is 10.8 Å². The number of anilines is 2. The summed E-state index contributed by atoms with van der Waals surface area (Å²) in [5.41, 5.74) is 14.8. The third-order valence-electron chi connectivity index (χ3n) is 15.6. The van der Waals surface area contributed by atoms with Gasteiger partial charge in [0.1, 0.15) is 24.0 Å². The van der Waals surface area contributed by atoms with Crippen molar-refractivity contribution >= 4 is 76.5 Å². The van der Waals surface area contributed by atoms with Crippen molar-refractivity contribution in [1.82, 2.24) is 14.1 Å². The third-order valence-corrected chi connectivity index (χ3v) is 15.6. The molecule has 0 N–H and O–H groups in total. The second-order valence-electron chi connectivity index (χ2n) is 22.9. The van der Waals surface area contributed by atoms with Gasteiger partial charge in [-0.05, 0) is 126 Å². The number of pyridine rings is 1. The molecule has 0 saturated carbocycles. The van der Waals surface area contributed by atoms with Gasteiger partial charge in [0.2, 0.25) is 0 Å². The monoisotopic (exact) mass is 987 g/mol. The summed E-state index contributed by atoms with van der Waals surface area (Å²) in [4.78, 5) is 7.30. The van der Waals surface area contributed by atoms with Gasteiger partial charge in [-0.1, -0.05) is 195 Å². The van der Waals surface area contributed by atoms with Crippen LogP contribution < -0.4 is 9.64 Å². The number of hydrogen-bond acceptors (Lipinski definition) is 3. The van der Waals surface area contributed by atoms with E-state index in [4.69, 9.17) is 11.1 Å². The number of aromatic nitrogens is 3. The van der Waals surface area contributed by atoms with Gasteiger partial charge in [-0.3, -0.25) is 4.57 Å². The molecule has 0 fully saturated rings. The summed E-state index contributed by atoms with van der Waals surface area (Å²) in [5, 5.41) is 9.43. The molecule has 0 spiro atoms. The maximum Gasteiger partial charge on any atom is 0.137 e. The van der Waals surface area contributed by atoms with Crippen LogP contribution in [0, 0.1) is 0 Å². The minimum absolute atomic E-state index is 0.0604. The molecule has 0 atom stereocenters. The summed E-state index contributed by atoms with van der Waals surface area (Å²) in [6.45, 7) is 18.2. The van der Waals surface area contributed by atoms with Crippen molar-refractivity contribution in [3.63, 3.8) is 0 Å². The number of hydrogen-bond donors (Lipinski definition) is 0. The molecule has 0 amide bonds. The van der Waals surface area contributed by atoms with Gasteiger partial charge in [-0.2, -0.15) is 0 Å². The molecule has 13 rings (SSSR count). The van der Waals surface area contributed by atoms with Crippen LogP contribution in [0.1, 0.15) is 79.3 Å². The standard InChI is InChI=1S/C71H62N4O/c1-45(2)47-36-37-72-67(41-47)75-64-28-14-13-24-60(64)61-35-34-54(43-66(61)75)76-53-19-15-18-52(42-53)73-44-74-68-55(49-38-48(39-51(40-49)71(6,7)8)46-30-32-50(33-31-46)70(3,4)5)25-16-26-62(68)58-22-11-9-20-56(58)57-21-10-12-23-59(57)63-27-17-29-65(73)69(63)74/h9-43,45H,44H2,1-8H3/i45D. The fraction of sp³-hybridized carbons (Fsp3) is 0.169. The van der Waals surface area contributed by atoms with Crippen LogP contribution in [0.3, 0.4) is 0 Å². The average molecular weight is 988 g/mol. The zero-order chi connectivity index (χ0) is 53.0. The summed E-state index contributed by atoms with van der Waals surface area (Å²) < 4.78 is 20.5. The first-order valence-corrected chi connectivity index (χ1v) is 26.6. The van der Waals surface area contributed by atoms with E-state index in [1.54, 1.807) is 0 Å². The molecule has 3 aromatic heterocycles. The Morgan fingerprint density at radius 1 is 0.474 bits per heavy atom. The van der Waals surface area contributed by atoms with E-state index < -0.39 is 5.89 Å². The van der Waals surface area contributed by atoms with Crippen LogP contribution in [0.25, 0.3) is 93.2 Å². The van der Waals surface area contributed by atoms with Gasteiger partial charge in [0.25, 0.3) is 0 Å². The van der Waals surface area contributed by atoms with E-state index in [1.165, 1.54) is 76.7 Å². The van der Waals surface area contributed by atoms with Gasteiger partial charge in [0.05, 0.1) is 27.8 Å². The molecule has 0 bridgehead atoms. The third kappa shape index (κ3) is 8.04. The normalized spacial score (nSPS) is 13.1. The lowest BCUT2D eigenvalue weighted by atomic mass is 9.82. The number of fused-ring (bicyclic) bond motifs is 10. The topological polar surface area (TPSA) is 35.2 Å². The Hall–Kier alpha value is -8.67. The molecule has 5 heteroatoms. The van der Waals surface area contributed by atoms with E-state index in [9.17, 15) is 0 Å². The Balaban J connectivity index is 1.000. The molecule has 0 radical (unpaired) electrons. The maximum absolute atomic E-state index is 8.81. The molecule has 1 aliphatic rings. The molecular formula is C71H62N4O. The Bertz CT molecular complexity index is 4410. The Kier molecular flexibility index (Phi) is 10.9. The molecule has 5 nitrogen and oxygen atoms in total. The van der Waals surface area contributed by atoms with Crippen molar-refractivity contribution in [3.8, 4) is 39.6 Å². The fourth-order valence-electron chi connectivity index (χ4n) is 11.6. The van der Waals surface area contributed by atoms with Crippen LogP contribution in [-0.4, -0.2) is 14.1 Å². The number of ether oxygens (including phenoxy) is 1. The van der Waals surface area contributed by atoms with Crippen LogP contribution in [0.2, 0.25) is 0 Å². The van der Waals surface area contributed by atoms with Crippen molar-refractivity contribution in [2.75, 3.05) is 4.90 Å². The van der Waals surface area contributed by atoms with Crippen molar-refractivity contribution in [1.29, 1.82) is 0 Å². The first-order chi connectivity index (χ1) is 37.1. The highest BCUT2D eigenvalue weighted by Crippen LogP contribution is 2.46. The molecule has 0 unspecified atom stereocenters. The van der Waals surface area contributed by atoms with Gasteiger partial charge < -0.3 is 14.2 Å². The summed E-state index contributed by atoms with van der Waals surface area (Å²) >= 11 is 0. The largest absolute Gasteiger partial charge is 0.457 e. The van der Waals surface area contributed by atoms with Gasteiger partial charge >= 0.3 is 0 Å². The van der Waals surface area contributed by atoms with Crippen LogP contribution in [0.15, 0.2) is 212 Å². The fourth-order valence-corrected chi connectivity index (χ4v) is 11.6. The predicted molar refractivity (Wildman–Crippen MR) is 322 cm³/mol. The van der Waals surface area contributed by atoms with E-state index >= 15 is 0 Å². The highest BCUT2D eigenvalue weighted by atomic mass is 16.5. The molecule has 1 aliphatic heterocycles. The lowest BCUT2D eigenvalue weighted by Crippen LogP contribution is -2.15. The zero-order valence-corrected chi connectivity index (χ0v) is 44.6. The predicted octanol–water partition coefficient (Wildman–Crippen LogP) is 19.7. The molecule has 12 aromatic rings. The molecule has 0 aliphatic carbocycles. The van der Waals surface area contributed by atoms with Gasteiger partial charge in [0.15, 0.2) is 0 Å². The second kappa shape index (κ2) is 18.0. The summed E-state index contributed by atoms with van der Waals surface area (Å²) in [6, 6.07) is 75.3. The minimum Gasteiger partial charge on any atom is -0.457 e. The maximum atomic E-state index is 8.81. The van der Waals surface area contributed by atoms with Crippen LogP contribution in [0.4, 0.5) is 11.4 Å². The Labute approximate surface area is 447 Å². The van der Waals surface area contributed by atoms with E-state index in [0.29, 0.717) is 6.67 Å². The van der Waals surface area contributed by atoms with E-state index in [2.05, 4.69) is 244 Å². The molecule has 76 heavy (non-hydrogen) atoms. The quantitative estimate of drug-likeness (QED) is 0.160. The van der Waals surface area contributed by atoms with E-state index in [0.717, 1.165) is 56.1 Å². The molecule has 4 heterocycles. The van der Waals surface area contributed by atoms with Gasteiger partial charge in [-0.15, -0.1) is 0 Å². The number of benzene rings is 9. The second-order valence-corrected chi connectivity index (χ2v) is 22.9. The van der Waals surface area contributed by atoms with E-state index in [1.807, 2.05) is 38.2 Å². The number of para-hydroxylation sites is 3. The number of nitrogens with zero attached hydrogens (tertiary/aromatic N) is 4. The first-order valence-electron chi connectivity index (χ1n) is 27.1. The van der Waals surface area contributed by atoms with Gasteiger partial charge in [0, 0.05) is 52.5 Å². The summed E-state index contributed by atoms with van der Waals surface area (Å²) in [5.74, 6) is 1.46. The van der Waals surface area contributed by atoms with Crippen molar-refractivity contribution < 1.29 is 6.11 Å². The SMILES string of the molecule is [2H]C(C)(C)c1ccnc(-n2c3ccccc3c3ccc(Oc4cccc(N5Cn6c7c(-c8cc(-c9ccc(C(C)(C)C)cc9)cc(C(C)(C)C)c8)cccc7c7ccccc7c7ccccc7c7cccc5c76)c4)cc32)c1. The number of rotatable bonds is 7. The summed E-state index contributed by atoms with van der Waals surface area (Å²) in [7, 11) is 0. The molecule has 372 valence electrons. The molecule has 9 aromatic carbocycles. The first kappa shape index (κ1) is 45.9. The highest BCUT2D eigenvalue weighted by Gasteiger charge is 2.27. The van der Waals surface area contributed by atoms with Crippen LogP contribution in [0.5, 0.6) is 11.5 Å². The van der Waals surface area contributed by atoms with Crippen molar-refractivity contribution in [3.05, 3.63) is 229 Å². The smallest absolute Gasteiger partial charge is 0.137 e. The van der Waals surface area contributed by atoms with Crippen LogP contribution in [-0.2, 0) is 17.5 Å². The lowest BCUT2D eigenvalue weighted by Gasteiger charge is -2.23. The summed E-state index contributed by atoms with van der Waals surface area (Å²) in [6.07, 6.45) is 1.81. The van der Waals surface area contributed by atoms with Crippen molar-refractivity contribution in [2.24, 2.45) is 0 Å². The molecule has 0 saturated heterocycles. The lowest BCUT2D eigenvalue weighted by molar-refractivity contribution is 0.483. The Morgan fingerprint density at radius 3 is 1.76 bits per heavy atom. The highest BCUT2D eigenvalue weighted by molar-refractivity contribution is 6.22. The zero-order valence-electron chi connectivity index (χ0n) is 45.6. The minimum atomic E-state index is -0.775. The Morgan fingerprint density at radius 2 is 1.07 bits per heavy atom. The van der Waals surface area contributed by atoms with Gasteiger partial charge in [-0.25, -0.2) is 4.98 Å².